The highest BCUT2D eigenvalue weighted by Crippen LogP contribution is 1.63. The van der Waals surface area contributed by atoms with Crippen molar-refractivity contribution in [3.05, 3.63) is 0 Å². The van der Waals surface area contributed by atoms with Gasteiger partial charge in [-0.2, -0.15) is 0 Å². The largest absolute Gasteiger partial charge is 0.375 e. The molecule has 1 nitrogen and oxygen atoms in total. The fourth-order valence-corrected chi connectivity index (χ4v) is 0. The van der Waals surface area contributed by atoms with Gasteiger partial charge in [0.25, 0.3) is 0 Å². The Morgan fingerprint density at radius 3 is 2.00 bits per heavy atom. The molecule has 0 aliphatic heterocycles. The standard InChI is InChI=1S/CH4OSSi/c1-4(2)3/h3H,1H3. The van der Waals surface area contributed by atoms with Crippen LogP contribution in [0.5, 0.6) is 0 Å². The number of rotatable bonds is 0. The van der Waals surface area contributed by atoms with E-state index in [4.69, 9.17) is 0 Å². The lowest BCUT2D eigenvalue weighted by Crippen LogP contribution is -1.67. The molecule has 0 spiro atoms. The Hall–Kier alpha value is 0.367. The Morgan fingerprint density at radius 1 is 2.00 bits per heavy atom. The summed E-state index contributed by atoms with van der Waals surface area (Å²) in [7, 11) is -1.44. The zero-order valence-electron chi connectivity index (χ0n) is 2.36. The molecule has 0 aromatic rings. The van der Waals surface area contributed by atoms with Crippen molar-refractivity contribution >= 4 is 19.9 Å². The summed E-state index contributed by atoms with van der Waals surface area (Å²) in [5.41, 5.74) is 0. The van der Waals surface area contributed by atoms with Gasteiger partial charge in [0.1, 0.15) is 0 Å². The van der Waals surface area contributed by atoms with Crippen LogP contribution < -0.4 is 0 Å². The zero-order valence-corrected chi connectivity index (χ0v) is 4.25. The minimum atomic E-state index is -1.44. The van der Waals surface area contributed by atoms with E-state index in [-0.39, 0.29) is 0 Å². The third-order valence-corrected chi connectivity index (χ3v) is 0. The van der Waals surface area contributed by atoms with Crippen LogP contribution in [-0.4, -0.2) is 7.83 Å². The van der Waals surface area contributed by atoms with Crippen LogP contribution in [0.25, 0.3) is 0 Å². The molecule has 0 saturated carbocycles. The SMILES string of the molecule is C[Si](=O)S. The van der Waals surface area contributed by atoms with E-state index in [0.717, 1.165) is 0 Å². The van der Waals surface area contributed by atoms with Crippen LogP contribution >= 0.6 is 12.1 Å². The van der Waals surface area contributed by atoms with Crippen molar-refractivity contribution in [2.45, 2.75) is 6.55 Å². The van der Waals surface area contributed by atoms with Gasteiger partial charge in [0.05, 0.1) is 0 Å². The van der Waals surface area contributed by atoms with Gasteiger partial charge in [-0.3, -0.25) is 0 Å². The van der Waals surface area contributed by atoms with Gasteiger partial charge in [0, 0.05) is 0 Å². The topological polar surface area (TPSA) is 17.1 Å². The summed E-state index contributed by atoms with van der Waals surface area (Å²) in [6.07, 6.45) is 0. The van der Waals surface area contributed by atoms with Crippen LogP contribution in [0.1, 0.15) is 0 Å². The predicted molar refractivity (Wildman–Crippen MR) is 21.3 cm³/mol. The van der Waals surface area contributed by atoms with E-state index >= 15 is 0 Å². The molecule has 0 N–H and O–H groups in total. The van der Waals surface area contributed by atoms with E-state index in [1.165, 1.54) is 0 Å². The van der Waals surface area contributed by atoms with E-state index in [1.54, 1.807) is 6.55 Å². The second kappa shape index (κ2) is 1.66. The summed E-state index contributed by atoms with van der Waals surface area (Å²) in [5, 5.41) is 0. The molecule has 3 heteroatoms. The first-order chi connectivity index (χ1) is 1.73. The van der Waals surface area contributed by atoms with Gasteiger partial charge in [-0.15, -0.1) is 12.1 Å². The Bertz CT molecular complexity index is 31.0. The maximum absolute atomic E-state index is 9.49. The molecule has 0 aliphatic carbocycles. The molecule has 0 bridgehead atoms. The molecule has 24 valence electrons. The van der Waals surface area contributed by atoms with E-state index in [2.05, 4.69) is 12.1 Å². The van der Waals surface area contributed by atoms with Crippen LogP contribution in [0.3, 0.4) is 0 Å². The highest BCUT2D eigenvalue weighted by Gasteiger charge is 1.71. The molecule has 0 fully saturated rings. The van der Waals surface area contributed by atoms with Gasteiger partial charge in [0.2, 0.25) is 0 Å². The smallest absolute Gasteiger partial charge is 0.339 e. The minimum Gasteiger partial charge on any atom is -0.375 e. The van der Waals surface area contributed by atoms with Crippen molar-refractivity contribution in [3.63, 3.8) is 0 Å². The quantitative estimate of drug-likeness (QED) is 0.339. The maximum atomic E-state index is 9.49. The lowest BCUT2D eigenvalue weighted by molar-refractivity contribution is 0.577. The summed E-state index contributed by atoms with van der Waals surface area (Å²) in [5.74, 6) is 0. The fraction of sp³-hybridized carbons (Fsp3) is 1.00. The first kappa shape index (κ1) is 4.37. The zero-order chi connectivity index (χ0) is 3.58. The molecule has 0 heterocycles. The minimum absolute atomic E-state index is 1.44. The number of hydrogen-bond donors (Lipinski definition) is 1. The Morgan fingerprint density at radius 2 is 2.00 bits per heavy atom. The Kier molecular flexibility index (Phi) is 1.82. The van der Waals surface area contributed by atoms with Gasteiger partial charge in [-0.05, 0) is 6.55 Å². The van der Waals surface area contributed by atoms with Gasteiger partial charge in [-0.25, -0.2) is 0 Å². The molecule has 0 aromatic heterocycles. The van der Waals surface area contributed by atoms with Gasteiger partial charge in [0.15, 0.2) is 0 Å². The van der Waals surface area contributed by atoms with Gasteiger partial charge >= 0.3 is 7.83 Å². The Labute approximate surface area is 31.7 Å². The van der Waals surface area contributed by atoms with E-state index in [9.17, 15) is 4.46 Å². The van der Waals surface area contributed by atoms with Crippen molar-refractivity contribution in [3.8, 4) is 0 Å². The summed E-state index contributed by atoms with van der Waals surface area (Å²) < 4.78 is 9.49. The first-order valence-electron chi connectivity index (χ1n) is 0.928. The van der Waals surface area contributed by atoms with Crippen LogP contribution in [0.4, 0.5) is 0 Å². The van der Waals surface area contributed by atoms with Crippen molar-refractivity contribution in [1.82, 2.24) is 0 Å². The van der Waals surface area contributed by atoms with Crippen molar-refractivity contribution in [2.24, 2.45) is 0 Å². The van der Waals surface area contributed by atoms with Crippen LogP contribution in [0.2, 0.25) is 6.55 Å². The molecule has 0 aromatic carbocycles. The maximum Gasteiger partial charge on any atom is 0.339 e. The normalized spacial score (nSPS) is 6.50. The van der Waals surface area contributed by atoms with Crippen LogP contribution in [0.15, 0.2) is 0 Å². The molecule has 0 amide bonds. The molecular weight excluding hydrogens is 88.2 g/mol. The molecular formula is CH4OSSi. The highest BCUT2D eigenvalue weighted by atomic mass is 32.3. The number of thiol groups is 1. The van der Waals surface area contributed by atoms with Crippen LogP contribution in [0, 0.1) is 0 Å². The highest BCUT2D eigenvalue weighted by molar-refractivity contribution is 8.07. The summed E-state index contributed by atoms with van der Waals surface area (Å²) in [4.78, 5) is 0. The second-order valence-corrected chi connectivity index (χ2v) is 3.45. The lowest BCUT2D eigenvalue weighted by atomic mass is 11.9. The van der Waals surface area contributed by atoms with Gasteiger partial charge in [-0.1, -0.05) is 0 Å². The average molecular weight is 92.2 g/mol. The second-order valence-electron chi connectivity index (χ2n) is 0.519. The third-order valence-electron chi connectivity index (χ3n) is 0. The summed E-state index contributed by atoms with van der Waals surface area (Å²) >= 11 is 3.51. The molecule has 0 saturated heterocycles. The molecule has 0 aliphatic rings. The molecule has 0 unspecified atom stereocenters. The molecule has 0 radical (unpaired) electrons. The van der Waals surface area contributed by atoms with Crippen LogP contribution in [-0.2, 0) is 4.46 Å². The fourth-order valence-electron chi connectivity index (χ4n) is 0. The average Bonchev–Trinajstić information content (AvgIpc) is 0.811. The van der Waals surface area contributed by atoms with Crippen molar-refractivity contribution < 1.29 is 4.46 Å². The Balaban J connectivity index is 2.80. The summed E-state index contributed by atoms with van der Waals surface area (Å²) in [6.45, 7) is 1.58. The number of hydrogen-bond acceptors (Lipinski definition) is 1. The summed E-state index contributed by atoms with van der Waals surface area (Å²) in [6, 6.07) is 0. The third kappa shape index (κ3) is 32.9. The van der Waals surface area contributed by atoms with E-state index < -0.39 is 7.83 Å². The molecule has 4 heavy (non-hydrogen) atoms. The lowest BCUT2D eigenvalue weighted by Gasteiger charge is -1.50. The first-order valence-corrected chi connectivity index (χ1v) is 4.12. The predicted octanol–water partition coefficient (Wildman–Crippen LogP) is 0.465. The van der Waals surface area contributed by atoms with E-state index in [0.29, 0.717) is 0 Å². The van der Waals surface area contributed by atoms with Crippen molar-refractivity contribution in [2.75, 3.05) is 0 Å². The van der Waals surface area contributed by atoms with Crippen molar-refractivity contribution in [1.29, 1.82) is 0 Å². The molecule has 0 rings (SSSR count). The monoisotopic (exact) mass is 92.0 g/mol. The van der Waals surface area contributed by atoms with Gasteiger partial charge < -0.3 is 4.46 Å². The van der Waals surface area contributed by atoms with E-state index in [1.807, 2.05) is 0 Å². The molecule has 0 atom stereocenters.